The zero-order valence-corrected chi connectivity index (χ0v) is 9.77. The van der Waals surface area contributed by atoms with Gasteiger partial charge in [0.25, 0.3) is 0 Å². The minimum atomic E-state index is 0.430. The lowest BCUT2D eigenvalue weighted by Gasteiger charge is -2.24. The monoisotopic (exact) mass is 260 g/mol. The Bertz CT molecular complexity index is 279. The fraction of sp³-hybridized carbons (Fsp3) is 0.667. The molecule has 72 valence electrons. The molecule has 1 fully saturated rings. The van der Waals surface area contributed by atoms with Crippen molar-refractivity contribution in [3.8, 4) is 0 Å². The van der Waals surface area contributed by atoms with Crippen LogP contribution in [0.5, 0.6) is 0 Å². The Labute approximate surface area is 90.7 Å². The van der Waals surface area contributed by atoms with E-state index >= 15 is 0 Å². The molecule has 0 spiro atoms. The van der Waals surface area contributed by atoms with Crippen LogP contribution in [0, 0.1) is 0 Å². The molecule has 4 heteroatoms. The lowest BCUT2D eigenvalue weighted by Crippen LogP contribution is -2.25. The van der Waals surface area contributed by atoms with Crippen molar-refractivity contribution >= 4 is 27.3 Å². The summed E-state index contributed by atoms with van der Waals surface area (Å²) in [4.78, 5) is 4.40. The van der Waals surface area contributed by atoms with Gasteiger partial charge in [-0.2, -0.15) is 0 Å². The average molecular weight is 261 g/mol. The maximum atomic E-state index is 5.85. The molecule has 0 atom stereocenters. The maximum Gasteiger partial charge on any atom is 0.0967 e. The second-order valence-electron chi connectivity index (χ2n) is 3.61. The molecule has 2 nitrogen and oxygen atoms in total. The van der Waals surface area contributed by atoms with Crippen LogP contribution in [-0.4, -0.2) is 11.0 Å². The van der Waals surface area contributed by atoms with Crippen molar-refractivity contribution in [3.05, 3.63) is 15.0 Å². The van der Waals surface area contributed by atoms with Crippen LogP contribution in [0.2, 0.25) is 0 Å². The Morgan fingerprint density at radius 2 is 2.08 bits per heavy atom. The molecule has 1 aromatic rings. The van der Waals surface area contributed by atoms with E-state index < -0.39 is 0 Å². The Morgan fingerprint density at radius 3 is 2.62 bits per heavy atom. The standard InChI is InChI=1S/C9H13BrN2S/c10-8-5-12-9(13-8)6-1-3-7(11)4-2-6/h5-7H,1-4,11H2. The molecule has 0 amide bonds. The van der Waals surface area contributed by atoms with Gasteiger partial charge in [-0.3, -0.25) is 0 Å². The molecule has 1 aromatic heterocycles. The number of nitrogens with two attached hydrogens (primary N) is 1. The molecule has 0 saturated heterocycles. The largest absolute Gasteiger partial charge is 0.328 e. The van der Waals surface area contributed by atoms with E-state index in [-0.39, 0.29) is 0 Å². The maximum absolute atomic E-state index is 5.85. The van der Waals surface area contributed by atoms with E-state index in [9.17, 15) is 0 Å². The van der Waals surface area contributed by atoms with Crippen molar-refractivity contribution in [1.82, 2.24) is 4.98 Å². The minimum Gasteiger partial charge on any atom is -0.328 e. The van der Waals surface area contributed by atoms with Crippen molar-refractivity contribution in [2.75, 3.05) is 0 Å². The molecular weight excluding hydrogens is 248 g/mol. The summed E-state index contributed by atoms with van der Waals surface area (Å²) in [6.45, 7) is 0. The van der Waals surface area contributed by atoms with Gasteiger partial charge >= 0.3 is 0 Å². The molecule has 13 heavy (non-hydrogen) atoms. The predicted octanol–water partition coefficient (Wildman–Crippen LogP) is 2.89. The second-order valence-corrected chi connectivity index (χ2v) is 6.06. The molecule has 0 aromatic carbocycles. The summed E-state index contributed by atoms with van der Waals surface area (Å²) in [5.74, 6) is 0.663. The van der Waals surface area contributed by atoms with Crippen LogP contribution in [-0.2, 0) is 0 Å². The van der Waals surface area contributed by atoms with Gasteiger partial charge in [-0.05, 0) is 41.6 Å². The molecule has 2 rings (SSSR count). The summed E-state index contributed by atoms with van der Waals surface area (Å²) in [6.07, 6.45) is 6.63. The molecule has 1 saturated carbocycles. The number of rotatable bonds is 1. The van der Waals surface area contributed by atoms with Gasteiger partial charge in [0.2, 0.25) is 0 Å². The number of hydrogen-bond acceptors (Lipinski definition) is 3. The zero-order valence-electron chi connectivity index (χ0n) is 7.37. The van der Waals surface area contributed by atoms with Gasteiger partial charge in [-0.25, -0.2) is 4.98 Å². The predicted molar refractivity (Wildman–Crippen MR) is 59.0 cm³/mol. The number of thiazole rings is 1. The summed E-state index contributed by atoms with van der Waals surface area (Å²) in [6, 6.07) is 0.430. The number of nitrogens with zero attached hydrogens (tertiary/aromatic N) is 1. The van der Waals surface area contributed by atoms with E-state index in [1.807, 2.05) is 6.20 Å². The third-order valence-electron chi connectivity index (χ3n) is 2.62. The van der Waals surface area contributed by atoms with E-state index in [0.29, 0.717) is 12.0 Å². The molecule has 1 heterocycles. The summed E-state index contributed by atoms with van der Waals surface area (Å²) in [5, 5.41) is 1.28. The molecular formula is C9H13BrN2S. The third kappa shape index (κ3) is 2.30. The summed E-state index contributed by atoms with van der Waals surface area (Å²) >= 11 is 5.20. The van der Waals surface area contributed by atoms with Crippen LogP contribution in [0.1, 0.15) is 36.6 Å². The van der Waals surface area contributed by atoms with Crippen LogP contribution in [0.25, 0.3) is 0 Å². The van der Waals surface area contributed by atoms with Crippen molar-refractivity contribution < 1.29 is 0 Å². The normalized spacial score (nSPS) is 29.1. The number of hydrogen-bond donors (Lipinski definition) is 1. The highest BCUT2D eigenvalue weighted by atomic mass is 79.9. The smallest absolute Gasteiger partial charge is 0.0967 e. The van der Waals surface area contributed by atoms with Crippen molar-refractivity contribution in [2.45, 2.75) is 37.6 Å². The Morgan fingerprint density at radius 1 is 1.38 bits per heavy atom. The van der Waals surface area contributed by atoms with E-state index in [1.165, 1.54) is 17.8 Å². The van der Waals surface area contributed by atoms with Gasteiger partial charge < -0.3 is 5.73 Å². The zero-order chi connectivity index (χ0) is 9.26. The molecule has 0 bridgehead atoms. The SMILES string of the molecule is NC1CCC(c2ncc(Br)s2)CC1. The van der Waals surface area contributed by atoms with Crippen molar-refractivity contribution in [2.24, 2.45) is 5.73 Å². The van der Waals surface area contributed by atoms with Gasteiger partial charge in [-0.15, -0.1) is 11.3 Å². The molecule has 2 N–H and O–H groups in total. The van der Waals surface area contributed by atoms with E-state index in [0.717, 1.165) is 16.6 Å². The highest BCUT2D eigenvalue weighted by molar-refractivity contribution is 9.11. The van der Waals surface area contributed by atoms with Crippen LogP contribution in [0.4, 0.5) is 0 Å². The van der Waals surface area contributed by atoms with Crippen LogP contribution in [0.15, 0.2) is 9.98 Å². The van der Waals surface area contributed by atoms with Crippen LogP contribution < -0.4 is 5.73 Å². The molecule has 0 radical (unpaired) electrons. The lowest BCUT2D eigenvalue weighted by atomic mass is 9.87. The fourth-order valence-electron chi connectivity index (χ4n) is 1.82. The van der Waals surface area contributed by atoms with Crippen molar-refractivity contribution in [3.63, 3.8) is 0 Å². The quantitative estimate of drug-likeness (QED) is 0.844. The molecule has 1 aliphatic carbocycles. The van der Waals surface area contributed by atoms with Crippen LogP contribution >= 0.6 is 27.3 Å². The van der Waals surface area contributed by atoms with E-state index in [2.05, 4.69) is 20.9 Å². The highest BCUT2D eigenvalue weighted by Gasteiger charge is 2.21. The number of aromatic nitrogens is 1. The van der Waals surface area contributed by atoms with E-state index in [4.69, 9.17) is 5.73 Å². The minimum absolute atomic E-state index is 0.430. The Hall–Kier alpha value is 0.0700. The second kappa shape index (κ2) is 4.07. The highest BCUT2D eigenvalue weighted by Crippen LogP contribution is 2.35. The molecule has 0 aliphatic heterocycles. The first-order valence-electron chi connectivity index (χ1n) is 4.62. The molecule has 0 unspecified atom stereocenters. The summed E-state index contributed by atoms with van der Waals surface area (Å²) < 4.78 is 1.14. The van der Waals surface area contributed by atoms with Gasteiger partial charge in [0.1, 0.15) is 0 Å². The lowest BCUT2D eigenvalue weighted by molar-refractivity contribution is 0.395. The topological polar surface area (TPSA) is 38.9 Å². The first kappa shape index (κ1) is 9.62. The first-order chi connectivity index (χ1) is 6.25. The fourth-order valence-corrected chi connectivity index (χ4v) is 3.23. The summed E-state index contributed by atoms with van der Waals surface area (Å²) in [5.41, 5.74) is 5.85. The Kier molecular flexibility index (Phi) is 3.01. The van der Waals surface area contributed by atoms with Gasteiger partial charge in [-0.1, -0.05) is 0 Å². The van der Waals surface area contributed by atoms with Gasteiger partial charge in [0.15, 0.2) is 0 Å². The third-order valence-corrected chi connectivity index (χ3v) is 4.26. The van der Waals surface area contributed by atoms with Gasteiger partial charge in [0.05, 0.1) is 15.0 Å². The molecule has 1 aliphatic rings. The van der Waals surface area contributed by atoms with E-state index in [1.54, 1.807) is 11.3 Å². The first-order valence-corrected chi connectivity index (χ1v) is 6.23. The number of halogens is 1. The summed E-state index contributed by atoms with van der Waals surface area (Å²) in [7, 11) is 0. The van der Waals surface area contributed by atoms with Crippen LogP contribution in [0.3, 0.4) is 0 Å². The Balaban J connectivity index is 2.02. The van der Waals surface area contributed by atoms with Gasteiger partial charge in [0, 0.05) is 12.0 Å². The van der Waals surface area contributed by atoms with Crippen molar-refractivity contribution in [1.29, 1.82) is 0 Å². The average Bonchev–Trinajstić information content (AvgIpc) is 2.53.